The molecule has 6 rings (SSSR count). The van der Waals surface area contributed by atoms with E-state index in [1.807, 2.05) is 48.7 Å². The van der Waals surface area contributed by atoms with E-state index in [0.717, 1.165) is 41.3 Å². The van der Waals surface area contributed by atoms with Gasteiger partial charge in [-0.05, 0) is 49.5 Å². The van der Waals surface area contributed by atoms with Crippen molar-refractivity contribution in [3.05, 3.63) is 65.8 Å². The Labute approximate surface area is 267 Å². The average Bonchev–Trinajstić information content (AvgIpc) is 3.47. The molecule has 11 heteroatoms. The molecule has 0 saturated carbocycles. The number of likely N-dealkylation sites (tertiary alicyclic amines) is 1. The van der Waals surface area contributed by atoms with Gasteiger partial charge in [0.2, 0.25) is 5.91 Å². The monoisotopic (exact) mass is 625 g/mol. The van der Waals surface area contributed by atoms with Gasteiger partial charge in [0, 0.05) is 61.0 Å². The first-order valence-corrected chi connectivity index (χ1v) is 15.6. The zero-order valence-corrected chi connectivity index (χ0v) is 26.3. The molecule has 232 valence electrons. The molecule has 2 aromatic heterocycles. The summed E-state index contributed by atoms with van der Waals surface area (Å²) in [5, 5.41) is 12.3. The summed E-state index contributed by atoms with van der Waals surface area (Å²) in [4.78, 5) is 33.7. The number of fused-ring (bicyclic) bond motifs is 2. The normalized spacial score (nSPS) is 19.1. The first-order valence-electron chi connectivity index (χ1n) is 15.2. The molecule has 4 heterocycles. The molecule has 10 nitrogen and oxygen atoms in total. The number of carbonyl (C=O) groups excluding carboxylic acids is 1. The second-order valence-electron chi connectivity index (χ2n) is 11.5. The first-order chi connectivity index (χ1) is 22.0. The Morgan fingerprint density at radius 2 is 2.00 bits per heavy atom. The minimum Gasteiger partial charge on any atom is -0.462 e. The topological polar surface area (TPSA) is 108 Å². The van der Waals surface area contributed by atoms with Crippen LogP contribution in [0.15, 0.2) is 60.8 Å². The highest BCUT2D eigenvalue weighted by Crippen LogP contribution is 2.36. The molecule has 1 amide bonds. The predicted octanol–water partition coefficient (Wildman–Crippen LogP) is 5.10. The number of hydrogen-bond donors (Lipinski definition) is 0. The van der Waals surface area contributed by atoms with Crippen molar-refractivity contribution in [1.82, 2.24) is 24.8 Å². The fourth-order valence-electron chi connectivity index (χ4n) is 6.27. The lowest BCUT2D eigenvalue weighted by molar-refractivity contribution is -0.128. The molecule has 2 aromatic carbocycles. The van der Waals surface area contributed by atoms with Crippen molar-refractivity contribution >= 4 is 45.1 Å². The van der Waals surface area contributed by atoms with E-state index in [0.29, 0.717) is 60.8 Å². The highest BCUT2D eigenvalue weighted by atomic mass is 35.5. The molecule has 2 saturated heterocycles. The number of amides is 1. The standard InChI is InChI=1S/C34H36ClN7O3/c1-40-15-5-9-26(40)22-45-34-38-29-19-24(27-10-3-7-23-8-4-11-28(35)31(23)27)20-37-32(29)33(39-34)41-16-17-42(25(21-41)13-14-36)30(43)12-6-18-44-2/h3-4,6-8,10-12,19-20,25-26H,5,9,13,15-18,21-22H2,1-2H3/b12-6+/t25-,26?/m0/s1. The van der Waals surface area contributed by atoms with Crippen LogP contribution in [0.4, 0.5) is 5.82 Å². The van der Waals surface area contributed by atoms with Gasteiger partial charge in [-0.3, -0.25) is 9.78 Å². The number of nitriles is 1. The van der Waals surface area contributed by atoms with E-state index in [2.05, 4.69) is 22.9 Å². The molecule has 2 aliphatic rings. The number of anilines is 1. The number of aromatic nitrogens is 3. The van der Waals surface area contributed by atoms with Crippen LogP contribution in [-0.4, -0.2) is 96.3 Å². The van der Waals surface area contributed by atoms with Gasteiger partial charge in [-0.2, -0.15) is 15.2 Å². The molecule has 0 radical (unpaired) electrons. The molecule has 0 N–H and O–H groups in total. The van der Waals surface area contributed by atoms with Gasteiger partial charge in [-0.15, -0.1) is 0 Å². The van der Waals surface area contributed by atoms with Crippen molar-refractivity contribution in [3.63, 3.8) is 0 Å². The zero-order valence-electron chi connectivity index (χ0n) is 25.5. The summed E-state index contributed by atoms with van der Waals surface area (Å²) < 4.78 is 11.3. The smallest absolute Gasteiger partial charge is 0.319 e. The maximum atomic E-state index is 13.0. The Bertz CT molecular complexity index is 1770. The van der Waals surface area contributed by atoms with Crippen LogP contribution >= 0.6 is 11.6 Å². The third-order valence-corrected chi connectivity index (χ3v) is 8.97. The first kappa shape index (κ1) is 30.7. The van der Waals surface area contributed by atoms with Crippen molar-refractivity contribution in [3.8, 4) is 23.2 Å². The number of ether oxygens (including phenoxy) is 2. The molecular formula is C34H36ClN7O3. The van der Waals surface area contributed by atoms with E-state index in [1.165, 1.54) is 6.08 Å². The van der Waals surface area contributed by atoms with Gasteiger partial charge in [-0.1, -0.05) is 48.0 Å². The fourth-order valence-corrected chi connectivity index (χ4v) is 6.55. The van der Waals surface area contributed by atoms with Gasteiger partial charge in [-0.25, -0.2) is 0 Å². The number of nitrogens with zero attached hydrogens (tertiary/aromatic N) is 7. The maximum absolute atomic E-state index is 13.0. The molecule has 2 aliphatic heterocycles. The average molecular weight is 626 g/mol. The van der Waals surface area contributed by atoms with Crippen LogP contribution in [0.3, 0.4) is 0 Å². The van der Waals surface area contributed by atoms with E-state index in [4.69, 9.17) is 36.0 Å². The van der Waals surface area contributed by atoms with Crippen LogP contribution in [0.5, 0.6) is 6.01 Å². The number of likely N-dealkylation sites (N-methyl/N-ethyl adjacent to an activating group) is 1. The lowest BCUT2D eigenvalue weighted by Gasteiger charge is -2.40. The molecule has 2 atom stereocenters. The second-order valence-corrected chi connectivity index (χ2v) is 11.9. The zero-order chi connectivity index (χ0) is 31.3. The van der Waals surface area contributed by atoms with Crippen molar-refractivity contribution in [2.24, 2.45) is 0 Å². The molecular weight excluding hydrogens is 590 g/mol. The van der Waals surface area contributed by atoms with Gasteiger partial charge >= 0.3 is 6.01 Å². The van der Waals surface area contributed by atoms with Gasteiger partial charge in [0.05, 0.1) is 30.7 Å². The van der Waals surface area contributed by atoms with Crippen LogP contribution in [0, 0.1) is 11.3 Å². The van der Waals surface area contributed by atoms with Gasteiger partial charge < -0.3 is 24.2 Å². The number of hydrogen-bond acceptors (Lipinski definition) is 9. The number of pyridine rings is 1. The van der Waals surface area contributed by atoms with Gasteiger partial charge in [0.1, 0.15) is 12.1 Å². The molecule has 2 fully saturated rings. The van der Waals surface area contributed by atoms with Crippen LogP contribution < -0.4 is 9.64 Å². The van der Waals surface area contributed by atoms with E-state index >= 15 is 0 Å². The Balaban J connectivity index is 1.38. The number of carbonyl (C=O) groups is 1. The van der Waals surface area contributed by atoms with Crippen molar-refractivity contribution in [1.29, 1.82) is 5.26 Å². The van der Waals surface area contributed by atoms with Crippen molar-refractivity contribution < 1.29 is 14.3 Å². The van der Waals surface area contributed by atoms with Crippen LogP contribution in [-0.2, 0) is 9.53 Å². The molecule has 4 aromatic rings. The molecule has 0 bridgehead atoms. The quantitative estimate of drug-likeness (QED) is 0.235. The SMILES string of the molecule is COC/C=C/C(=O)N1CCN(c2nc(OCC3CCCN3C)nc3cc(-c4cccc5cccc(Cl)c45)cnc23)C[C@@H]1CC#N. The Kier molecular flexibility index (Phi) is 9.40. The summed E-state index contributed by atoms with van der Waals surface area (Å²) in [5.74, 6) is 0.489. The van der Waals surface area contributed by atoms with E-state index in [-0.39, 0.29) is 24.4 Å². The summed E-state index contributed by atoms with van der Waals surface area (Å²) in [6.45, 7) is 3.26. The Morgan fingerprint density at radius 3 is 2.78 bits per heavy atom. The lowest BCUT2D eigenvalue weighted by Crippen LogP contribution is -2.55. The van der Waals surface area contributed by atoms with Gasteiger partial charge in [0.25, 0.3) is 0 Å². The third-order valence-electron chi connectivity index (χ3n) is 8.65. The summed E-state index contributed by atoms with van der Waals surface area (Å²) >= 11 is 6.67. The number of benzene rings is 2. The van der Waals surface area contributed by atoms with E-state index in [9.17, 15) is 10.1 Å². The second kappa shape index (κ2) is 13.8. The maximum Gasteiger partial charge on any atom is 0.319 e. The Morgan fingerprint density at radius 1 is 1.16 bits per heavy atom. The number of rotatable bonds is 9. The lowest BCUT2D eigenvalue weighted by atomic mass is 9.99. The summed E-state index contributed by atoms with van der Waals surface area (Å²) in [6.07, 6.45) is 7.42. The van der Waals surface area contributed by atoms with E-state index < -0.39 is 0 Å². The number of halogens is 1. The molecule has 45 heavy (non-hydrogen) atoms. The summed E-state index contributed by atoms with van der Waals surface area (Å²) in [6, 6.07) is 16.5. The minimum atomic E-state index is -0.318. The van der Waals surface area contributed by atoms with Crippen LogP contribution in [0.2, 0.25) is 5.02 Å². The molecule has 1 unspecified atom stereocenters. The van der Waals surface area contributed by atoms with Crippen LogP contribution in [0.1, 0.15) is 19.3 Å². The highest BCUT2D eigenvalue weighted by Gasteiger charge is 2.32. The van der Waals surface area contributed by atoms with Crippen molar-refractivity contribution in [2.75, 3.05) is 58.5 Å². The highest BCUT2D eigenvalue weighted by molar-refractivity contribution is 6.36. The molecule has 0 spiro atoms. The predicted molar refractivity (Wildman–Crippen MR) is 175 cm³/mol. The fraction of sp³-hybridized carbons (Fsp3) is 0.382. The van der Waals surface area contributed by atoms with Crippen molar-refractivity contribution in [2.45, 2.75) is 31.3 Å². The number of methoxy groups -OCH3 is 1. The summed E-state index contributed by atoms with van der Waals surface area (Å²) in [5.41, 5.74) is 3.12. The minimum absolute atomic E-state index is 0.138. The Hall–Kier alpha value is -4.30. The number of piperazine rings is 1. The third kappa shape index (κ3) is 6.57. The van der Waals surface area contributed by atoms with Gasteiger partial charge in [0.15, 0.2) is 5.82 Å². The van der Waals surface area contributed by atoms with E-state index in [1.54, 1.807) is 18.1 Å². The van der Waals surface area contributed by atoms with Crippen LogP contribution in [0.25, 0.3) is 32.9 Å². The molecule has 0 aliphatic carbocycles. The largest absolute Gasteiger partial charge is 0.462 e. The summed E-state index contributed by atoms with van der Waals surface area (Å²) in [7, 11) is 3.69.